The minimum Gasteiger partial charge on any atom is -0.327 e. The predicted octanol–water partition coefficient (Wildman–Crippen LogP) is 3.49. The maximum Gasteiger partial charge on any atom is 0.224 e. The zero-order valence-corrected chi connectivity index (χ0v) is 12.0. The third-order valence-electron chi connectivity index (χ3n) is 3.88. The summed E-state index contributed by atoms with van der Waals surface area (Å²) in [5.41, 5.74) is 7.89. The molecule has 3 N–H and O–H groups in total. The quantitative estimate of drug-likeness (QED) is 0.890. The van der Waals surface area contributed by atoms with E-state index < -0.39 is 0 Å². The summed E-state index contributed by atoms with van der Waals surface area (Å²) in [5, 5.41) is 3.64. The van der Waals surface area contributed by atoms with Crippen LogP contribution in [0.4, 0.5) is 5.69 Å². The van der Waals surface area contributed by atoms with Crippen molar-refractivity contribution in [3.63, 3.8) is 0 Å². The molecule has 2 atom stereocenters. The Hall–Kier alpha value is -1.06. The lowest BCUT2D eigenvalue weighted by atomic mass is 9.83. The molecule has 0 saturated heterocycles. The van der Waals surface area contributed by atoms with Crippen molar-refractivity contribution >= 4 is 23.2 Å². The molecule has 1 aliphatic rings. The summed E-state index contributed by atoms with van der Waals surface area (Å²) in [6.45, 7) is 1.94. The van der Waals surface area contributed by atoms with Crippen LogP contribution >= 0.6 is 11.6 Å². The normalized spacial score (nSPS) is 23.1. The second-order valence-corrected chi connectivity index (χ2v) is 5.86. The molecule has 1 aliphatic carbocycles. The fraction of sp³-hybridized carbons (Fsp3) is 0.533. The lowest BCUT2D eigenvalue weighted by Gasteiger charge is -2.28. The van der Waals surface area contributed by atoms with Crippen LogP contribution in [0.5, 0.6) is 0 Å². The van der Waals surface area contributed by atoms with E-state index in [9.17, 15) is 4.79 Å². The topological polar surface area (TPSA) is 55.1 Å². The van der Waals surface area contributed by atoms with Gasteiger partial charge in [-0.15, -0.1) is 0 Å². The number of anilines is 1. The first-order chi connectivity index (χ1) is 9.06. The van der Waals surface area contributed by atoms with Crippen LogP contribution in [0.2, 0.25) is 5.02 Å². The molecule has 2 rings (SSSR count). The van der Waals surface area contributed by atoms with Gasteiger partial charge in [0.2, 0.25) is 5.91 Å². The molecule has 1 aromatic rings. The Morgan fingerprint density at radius 3 is 2.84 bits per heavy atom. The standard InChI is InChI=1S/C15H21ClN2O/c1-10-8-12(16)6-7-14(10)18-15(19)9-11-4-2-3-5-13(11)17/h6-8,11,13H,2-5,9,17H2,1H3,(H,18,19). The van der Waals surface area contributed by atoms with Gasteiger partial charge in [-0.3, -0.25) is 4.79 Å². The van der Waals surface area contributed by atoms with E-state index in [1.165, 1.54) is 12.8 Å². The van der Waals surface area contributed by atoms with Gasteiger partial charge >= 0.3 is 0 Å². The third-order valence-corrected chi connectivity index (χ3v) is 4.11. The summed E-state index contributed by atoms with van der Waals surface area (Å²) in [6, 6.07) is 5.65. The summed E-state index contributed by atoms with van der Waals surface area (Å²) >= 11 is 5.90. The fourth-order valence-corrected chi connectivity index (χ4v) is 2.92. The Labute approximate surface area is 119 Å². The fourth-order valence-electron chi connectivity index (χ4n) is 2.70. The maximum atomic E-state index is 12.1. The number of halogens is 1. The van der Waals surface area contributed by atoms with Crippen molar-refractivity contribution in [1.82, 2.24) is 0 Å². The van der Waals surface area contributed by atoms with Crippen molar-refractivity contribution in [3.05, 3.63) is 28.8 Å². The van der Waals surface area contributed by atoms with Crippen molar-refractivity contribution in [3.8, 4) is 0 Å². The molecule has 1 fully saturated rings. The number of carbonyl (C=O) groups excluding carboxylic acids is 1. The van der Waals surface area contributed by atoms with Crippen LogP contribution in [0.3, 0.4) is 0 Å². The Bertz CT molecular complexity index is 461. The Morgan fingerprint density at radius 2 is 2.16 bits per heavy atom. The van der Waals surface area contributed by atoms with Crippen molar-refractivity contribution in [2.45, 2.75) is 45.1 Å². The van der Waals surface area contributed by atoms with Crippen LogP contribution in [0, 0.1) is 12.8 Å². The molecule has 19 heavy (non-hydrogen) atoms. The Morgan fingerprint density at radius 1 is 1.42 bits per heavy atom. The van der Waals surface area contributed by atoms with Crippen LogP contribution < -0.4 is 11.1 Å². The average Bonchev–Trinajstić information content (AvgIpc) is 2.36. The van der Waals surface area contributed by atoms with Gasteiger partial charge in [0.05, 0.1) is 0 Å². The van der Waals surface area contributed by atoms with Crippen LogP contribution in [0.1, 0.15) is 37.7 Å². The van der Waals surface area contributed by atoms with Gasteiger partial charge in [-0.2, -0.15) is 0 Å². The Balaban J connectivity index is 1.93. The van der Waals surface area contributed by atoms with E-state index in [1.807, 2.05) is 19.1 Å². The van der Waals surface area contributed by atoms with Crippen molar-refractivity contribution in [2.24, 2.45) is 11.7 Å². The van der Waals surface area contributed by atoms with Gasteiger partial charge in [-0.05, 0) is 49.4 Å². The summed E-state index contributed by atoms with van der Waals surface area (Å²) in [5.74, 6) is 0.370. The summed E-state index contributed by atoms with van der Waals surface area (Å²) in [7, 11) is 0. The molecule has 4 heteroatoms. The van der Waals surface area contributed by atoms with Crippen molar-refractivity contribution < 1.29 is 4.79 Å². The molecule has 0 heterocycles. The molecule has 0 spiro atoms. The minimum absolute atomic E-state index is 0.0489. The monoisotopic (exact) mass is 280 g/mol. The molecule has 1 aromatic carbocycles. The number of nitrogens with two attached hydrogens (primary N) is 1. The number of aryl methyl sites for hydroxylation is 1. The third kappa shape index (κ3) is 3.95. The Kier molecular flexibility index (Phi) is 4.83. The first-order valence-electron chi connectivity index (χ1n) is 6.88. The molecule has 2 unspecified atom stereocenters. The van der Waals surface area contributed by atoms with E-state index in [0.29, 0.717) is 17.4 Å². The van der Waals surface area contributed by atoms with Crippen molar-refractivity contribution in [2.75, 3.05) is 5.32 Å². The zero-order valence-electron chi connectivity index (χ0n) is 11.3. The van der Waals surface area contributed by atoms with Gasteiger partial charge in [0.15, 0.2) is 0 Å². The first-order valence-corrected chi connectivity index (χ1v) is 7.25. The molecular formula is C15H21ClN2O. The summed E-state index contributed by atoms with van der Waals surface area (Å²) < 4.78 is 0. The first kappa shape index (κ1) is 14.4. The van der Waals surface area contributed by atoms with E-state index in [0.717, 1.165) is 24.1 Å². The highest BCUT2D eigenvalue weighted by Gasteiger charge is 2.24. The SMILES string of the molecule is Cc1cc(Cl)ccc1NC(=O)CC1CCCCC1N. The van der Waals surface area contributed by atoms with Crippen molar-refractivity contribution in [1.29, 1.82) is 0 Å². The maximum absolute atomic E-state index is 12.1. The average molecular weight is 281 g/mol. The second-order valence-electron chi connectivity index (χ2n) is 5.42. The van der Waals surface area contributed by atoms with Crippen LogP contribution in [-0.4, -0.2) is 11.9 Å². The van der Waals surface area contributed by atoms with Crippen LogP contribution in [-0.2, 0) is 4.79 Å². The second kappa shape index (κ2) is 6.40. The van der Waals surface area contributed by atoms with E-state index in [4.69, 9.17) is 17.3 Å². The van der Waals surface area contributed by atoms with Gasteiger partial charge in [-0.1, -0.05) is 24.4 Å². The molecule has 0 aliphatic heterocycles. The molecule has 0 bridgehead atoms. The molecule has 0 radical (unpaired) electrons. The van der Waals surface area contributed by atoms with Gasteiger partial charge in [0.1, 0.15) is 0 Å². The molecule has 1 saturated carbocycles. The number of carbonyl (C=O) groups is 1. The highest BCUT2D eigenvalue weighted by atomic mass is 35.5. The molecule has 3 nitrogen and oxygen atoms in total. The number of hydrogen-bond donors (Lipinski definition) is 2. The molecule has 0 aromatic heterocycles. The van der Waals surface area contributed by atoms with E-state index in [-0.39, 0.29) is 11.9 Å². The number of nitrogens with one attached hydrogen (secondary N) is 1. The van der Waals surface area contributed by atoms with Gasteiger partial charge < -0.3 is 11.1 Å². The lowest BCUT2D eigenvalue weighted by Crippen LogP contribution is -2.35. The smallest absolute Gasteiger partial charge is 0.224 e. The van der Waals surface area contributed by atoms with E-state index in [1.54, 1.807) is 6.07 Å². The van der Waals surface area contributed by atoms with E-state index >= 15 is 0 Å². The predicted molar refractivity (Wildman–Crippen MR) is 79.4 cm³/mol. The largest absolute Gasteiger partial charge is 0.327 e. The molecular weight excluding hydrogens is 260 g/mol. The zero-order chi connectivity index (χ0) is 13.8. The summed E-state index contributed by atoms with van der Waals surface area (Å²) in [6.07, 6.45) is 5.00. The highest BCUT2D eigenvalue weighted by Crippen LogP contribution is 2.26. The minimum atomic E-state index is 0.0489. The van der Waals surface area contributed by atoms with Crippen LogP contribution in [0.15, 0.2) is 18.2 Å². The lowest BCUT2D eigenvalue weighted by molar-refractivity contribution is -0.117. The summed E-state index contributed by atoms with van der Waals surface area (Å²) in [4.78, 5) is 12.1. The van der Waals surface area contributed by atoms with Crippen LogP contribution in [0.25, 0.3) is 0 Å². The number of benzene rings is 1. The van der Waals surface area contributed by atoms with Gasteiger partial charge in [0.25, 0.3) is 0 Å². The highest BCUT2D eigenvalue weighted by molar-refractivity contribution is 6.30. The number of hydrogen-bond acceptors (Lipinski definition) is 2. The number of amides is 1. The molecule has 104 valence electrons. The molecule has 1 amide bonds. The van der Waals surface area contributed by atoms with Gasteiger partial charge in [0, 0.05) is 23.2 Å². The van der Waals surface area contributed by atoms with Gasteiger partial charge in [-0.25, -0.2) is 0 Å². The van der Waals surface area contributed by atoms with E-state index in [2.05, 4.69) is 5.32 Å². The number of rotatable bonds is 3.